The maximum Gasteiger partial charge on any atom is 0.0685 e. The van der Waals surface area contributed by atoms with E-state index in [4.69, 9.17) is 10.5 Å². The van der Waals surface area contributed by atoms with E-state index in [-0.39, 0.29) is 5.60 Å². The zero-order valence-corrected chi connectivity index (χ0v) is 13.3. The predicted octanol–water partition coefficient (Wildman–Crippen LogP) is 3.99. The summed E-state index contributed by atoms with van der Waals surface area (Å²) < 4.78 is 6.13. The molecule has 0 bridgehead atoms. The van der Waals surface area contributed by atoms with Crippen LogP contribution >= 0.6 is 0 Å². The van der Waals surface area contributed by atoms with Gasteiger partial charge in [-0.25, -0.2) is 0 Å². The number of hydrogen-bond acceptors (Lipinski definition) is 2. The molecule has 1 spiro atoms. The van der Waals surface area contributed by atoms with E-state index in [2.05, 4.69) is 31.2 Å². The third kappa shape index (κ3) is 3.67. The highest BCUT2D eigenvalue weighted by Crippen LogP contribution is 2.42. The lowest BCUT2D eigenvalue weighted by Gasteiger charge is -2.40. The second-order valence-corrected chi connectivity index (χ2v) is 7.18. The van der Waals surface area contributed by atoms with Gasteiger partial charge in [0.1, 0.15) is 0 Å². The highest BCUT2D eigenvalue weighted by molar-refractivity contribution is 5.22. The van der Waals surface area contributed by atoms with E-state index in [0.717, 1.165) is 25.9 Å². The molecule has 3 rings (SSSR count). The molecule has 1 aromatic rings. The van der Waals surface area contributed by atoms with Gasteiger partial charge >= 0.3 is 0 Å². The molecule has 1 aliphatic heterocycles. The fourth-order valence-corrected chi connectivity index (χ4v) is 4.24. The van der Waals surface area contributed by atoms with Crippen LogP contribution in [0.3, 0.4) is 0 Å². The number of benzene rings is 1. The molecule has 0 radical (unpaired) electrons. The number of nitrogens with two attached hydrogens (primary N) is 1. The lowest BCUT2D eigenvalue weighted by Crippen LogP contribution is -2.43. The zero-order valence-electron chi connectivity index (χ0n) is 13.3. The molecular formula is C19H29NO. The van der Waals surface area contributed by atoms with Crippen molar-refractivity contribution in [2.45, 2.75) is 69.9 Å². The van der Waals surface area contributed by atoms with Crippen molar-refractivity contribution in [1.82, 2.24) is 0 Å². The molecule has 2 fully saturated rings. The predicted molar refractivity (Wildman–Crippen MR) is 87.4 cm³/mol. The zero-order chi connectivity index (χ0) is 14.7. The van der Waals surface area contributed by atoms with Gasteiger partial charge in [-0.3, -0.25) is 0 Å². The van der Waals surface area contributed by atoms with Gasteiger partial charge in [0.15, 0.2) is 0 Å². The normalized spacial score (nSPS) is 26.1. The van der Waals surface area contributed by atoms with Gasteiger partial charge in [0.05, 0.1) is 5.60 Å². The van der Waals surface area contributed by atoms with Crippen molar-refractivity contribution in [3.63, 3.8) is 0 Å². The summed E-state index contributed by atoms with van der Waals surface area (Å²) in [7, 11) is 0. The number of ether oxygens (including phenoxy) is 1. The third-order valence-electron chi connectivity index (χ3n) is 5.50. The summed E-state index contributed by atoms with van der Waals surface area (Å²) in [6, 6.07) is 9.15. The van der Waals surface area contributed by atoms with Crippen LogP contribution in [0.15, 0.2) is 24.3 Å². The number of aryl methyl sites for hydroxylation is 2. The first-order valence-corrected chi connectivity index (χ1v) is 8.62. The molecule has 0 aromatic heterocycles. The van der Waals surface area contributed by atoms with Gasteiger partial charge in [-0.05, 0) is 56.9 Å². The Morgan fingerprint density at radius 1 is 1.33 bits per heavy atom. The van der Waals surface area contributed by atoms with E-state index in [0.29, 0.717) is 12.0 Å². The summed E-state index contributed by atoms with van der Waals surface area (Å²) in [4.78, 5) is 0. The quantitative estimate of drug-likeness (QED) is 0.908. The molecule has 116 valence electrons. The van der Waals surface area contributed by atoms with Crippen molar-refractivity contribution in [3.8, 4) is 0 Å². The molecule has 2 unspecified atom stereocenters. The van der Waals surface area contributed by atoms with E-state index in [1.165, 1.54) is 43.2 Å². The first-order chi connectivity index (χ1) is 10.2. The lowest BCUT2D eigenvalue weighted by atomic mass is 9.79. The highest BCUT2D eigenvalue weighted by atomic mass is 16.5. The molecule has 1 saturated carbocycles. The largest absolute Gasteiger partial charge is 0.375 e. The van der Waals surface area contributed by atoms with Crippen LogP contribution < -0.4 is 5.73 Å². The maximum absolute atomic E-state index is 6.53. The monoisotopic (exact) mass is 287 g/mol. The average molecular weight is 287 g/mol. The first kappa shape index (κ1) is 15.1. The van der Waals surface area contributed by atoms with Gasteiger partial charge in [0.2, 0.25) is 0 Å². The van der Waals surface area contributed by atoms with Crippen molar-refractivity contribution in [2.24, 2.45) is 11.7 Å². The maximum atomic E-state index is 6.53. The van der Waals surface area contributed by atoms with E-state index in [1.54, 1.807) is 0 Å². The third-order valence-corrected chi connectivity index (χ3v) is 5.50. The SMILES string of the molecule is Cc1cccc(CCC(N)C2CCOC3(CCCC3)C2)c1. The summed E-state index contributed by atoms with van der Waals surface area (Å²) in [6.45, 7) is 3.08. The van der Waals surface area contributed by atoms with E-state index in [9.17, 15) is 0 Å². The summed E-state index contributed by atoms with van der Waals surface area (Å²) in [5, 5.41) is 0. The topological polar surface area (TPSA) is 35.2 Å². The minimum Gasteiger partial charge on any atom is -0.375 e. The summed E-state index contributed by atoms with van der Waals surface area (Å²) in [5.41, 5.74) is 9.50. The van der Waals surface area contributed by atoms with E-state index in [1.807, 2.05) is 0 Å². The van der Waals surface area contributed by atoms with Crippen molar-refractivity contribution >= 4 is 0 Å². The van der Waals surface area contributed by atoms with E-state index < -0.39 is 0 Å². The average Bonchev–Trinajstić information content (AvgIpc) is 2.93. The molecule has 21 heavy (non-hydrogen) atoms. The lowest BCUT2D eigenvalue weighted by molar-refractivity contribution is -0.0964. The molecule has 2 N–H and O–H groups in total. The standard InChI is InChI=1S/C19H29NO/c1-15-5-4-6-16(13-15)7-8-18(20)17-9-12-21-19(14-17)10-2-3-11-19/h4-6,13,17-18H,2-3,7-12,14,20H2,1H3. The fraction of sp³-hybridized carbons (Fsp3) is 0.684. The Bertz CT molecular complexity index is 464. The second-order valence-electron chi connectivity index (χ2n) is 7.18. The van der Waals surface area contributed by atoms with Crippen LogP contribution in [0.25, 0.3) is 0 Å². The molecule has 0 amide bonds. The molecule has 2 heteroatoms. The van der Waals surface area contributed by atoms with Crippen LogP contribution in [0.4, 0.5) is 0 Å². The molecule has 1 saturated heterocycles. The Kier molecular flexibility index (Phi) is 4.66. The van der Waals surface area contributed by atoms with Crippen LogP contribution in [0.2, 0.25) is 0 Å². The summed E-state index contributed by atoms with van der Waals surface area (Å²) in [6.07, 6.45) is 9.74. The number of hydrogen-bond donors (Lipinski definition) is 1. The van der Waals surface area contributed by atoms with Crippen LogP contribution in [0.1, 0.15) is 56.1 Å². The van der Waals surface area contributed by atoms with Gasteiger partial charge in [-0.1, -0.05) is 42.7 Å². The molecule has 2 atom stereocenters. The number of rotatable bonds is 4. The van der Waals surface area contributed by atoms with Crippen LogP contribution in [0, 0.1) is 12.8 Å². The summed E-state index contributed by atoms with van der Waals surface area (Å²) >= 11 is 0. The van der Waals surface area contributed by atoms with Gasteiger partial charge < -0.3 is 10.5 Å². The Morgan fingerprint density at radius 3 is 2.90 bits per heavy atom. The van der Waals surface area contributed by atoms with Crippen molar-refractivity contribution in [2.75, 3.05) is 6.61 Å². The molecule has 1 heterocycles. The molecule has 1 aliphatic carbocycles. The first-order valence-electron chi connectivity index (χ1n) is 8.62. The molecule has 2 nitrogen and oxygen atoms in total. The van der Waals surface area contributed by atoms with Crippen molar-refractivity contribution < 1.29 is 4.74 Å². The highest BCUT2D eigenvalue weighted by Gasteiger charge is 2.41. The smallest absolute Gasteiger partial charge is 0.0685 e. The van der Waals surface area contributed by atoms with Gasteiger partial charge in [-0.2, -0.15) is 0 Å². The van der Waals surface area contributed by atoms with Gasteiger partial charge in [0.25, 0.3) is 0 Å². The van der Waals surface area contributed by atoms with Gasteiger partial charge in [0, 0.05) is 12.6 Å². The minimum absolute atomic E-state index is 0.198. The van der Waals surface area contributed by atoms with Gasteiger partial charge in [-0.15, -0.1) is 0 Å². The minimum atomic E-state index is 0.198. The van der Waals surface area contributed by atoms with Crippen molar-refractivity contribution in [3.05, 3.63) is 35.4 Å². The molecule has 1 aromatic carbocycles. The Labute approximate surface area is 129 Å². The van der Waals surface area contributed by atoms with Crippen LogP contribution in [-0.4, -0.2) is 18.2 Å². The van der Waals surface area contributed by atoms with Crippen LogP contribution in [0.5, 0.6) is 0 Å². The molecular weight excluding hydrogens is 258 g/mol. The fourth-order valence-electron chi connectivity index (χ4n) is 4.24. The Hall–Kier alpha value is -0.860. The van der Waals surface area contributed by atoms with Crippen molar-refractivity contribution in [1.29, 1.82) is 0 Å². The molecule has 2 aliphatic rings. The second kappa shape index (κ2) is 6.50. The summed E-state index contributed by atoms with van der Waals surface area (Å²) in [5.74, 6) is 0.654. The Morgan fingerprint density at radius 2 is 2.14 bits per heavy atom. The Balaban J connectivity index is 1.54. The van der Waals surface area contributed by atoms with Crippen LogP contribution in [-0.2, 0) is 11.2 Å². The van der Waals surface area contributed by atoms with E-state index >= 15 is 0 Å².